The third-order valence-corrected chi connectivity index (χ3v) is 5.50. The van der Waals surface area contributed by atoms with E-state index in [0.717, 1.165) is 44.8 Å². The molecule has 5 aromatic rings. The molecule has 0 saturated carbocycles. The molecule has 0 unspecified atom stereocenters. The molecule has 33 heavy (non-hydrogen) atoms. The number of aryl methyl sites for hydroxylation is 1. The minimum atomic E-state index is 0.396. The second-order valence-electron chi connectivity index (χ2n) is 7.53. The van der Waals surface area contributed by atoms with E-state index in [2.05, 4.69) is 27.4 Å². The fraction of sp³-hybridized carbons (Fsp3) is 0.0385. The Morgan fingerprint density at radius 2 is 1.91 bits per heavy atom. The van der Waals surface area contributed by atoms with Gasteiger partial charge in [0.05, 0.1) is 22.8 Å². The molecule has 0 amide bonds. The zero-order valence-corrected chi connectivity index (χ0v) is 18.5. The first-order valence-electron chi connectivity index (χ1n) is 10.3. The molecular formula is C26H18N6S. The molecule has 7 heteroatoms. The number of pyridine rings is 2. The number of nitriles is 1. The van der Waals surface area contributed by atoms with Crippen molar-refractivity contribution in [2.45, 2.75) is 6.92 Å². The second-order valence-corrected chi connectivity index (χ2v) is 7.92. The quantitative estimate of drug-likeness (QED) is 0.364. The number of aromatic nitrogens is 4. The first-order valence-corrected chi connectivity index (χ1v) is 10.7. The fourth-order valence-electron chi connectivity index (χ4n) is 3.64. The van der Waals surface area contributed by atoms with Crippen molar-refractivity contribution < 1.29 is 0 Å². The normalized spacial score (nSPS) is 10.7. The van der Waals surface area contributed by atoms with Crippen LogP contribution in [0.4, 0.5) is 5.69 Å². The van der Waals surface area contributed by atoms with E-state index in [-0.39, 0.29) is 0 Å². The van der Waals surface area contributed by atoms with Gasteiger partial charge in [-0.25, -0.2) is 4.68 Å². The zero-order valence-electron chi connectivity index (χ0n) is 17.7. The molecule has 0 aliphatic heterocycles. The number of fused-ring (bicyclic) bond motifs is 1. The van der Waals surface area contributed by atoms with Gasteiger partial charge < -0.3 is 5.32 Å². The Kier molecular flexibility index (Phi) is 5.35. The van der Waals surface area contributed by atoms with Crippen molar-refractivity contribution in [3.63, 3.8) is 0 Å². The van der Waals surface area contributed by atoms with E-state index < -0.39 is 0 Å². The molecule has 0 fully saturated rings. The average Bonchev–Trinajstić information content (AvgIpc) is 3.30. The fourth-order valence-corrected chi connectivity index (χ4v) is 3.86. The first kappa shape index (κ1) is 20.5. The van der Waals surface area contributed by atoms with Gasteiger partial charge in [-0.3, -0.25) is 9.97 Å². The van der Waals surface area contributed by atoms with Crippen molar-refractivity contribution in [1.82, 2.24) is 19.7 Å². The lowest BCUT2D eigenvalue weighted by molar-refractivity contribution is 0.947. The summed E-state index contributed by atoms with van der Waals surface area (Å²) >= 11 is 5.63. The Balaban J connectivity index is 1.59. The van der Waals surface area contributed by atoms with Gasteiger partial charge >= 0.3 is 0 Å². The third kappa shape index (κ3) is 4.20. The van der Waals surface area contributed by atoms with Crippen LogP contribution in [0.15, 0.2) is 85.2 Å². The summed E-state index contributed by atoms with van der Waals surface area (Å²) in [4.78, 5) is 9.10. The van der Waals surface area contributed by atoms with E-state index in [1.807, 2.05) is 67.7 Å². The van der Waals surface area contributed by atoms with Crippen molar-refractivity contribution in [1.29, 1.82) is 5.26 Å². The summed E-state index contributed by atoms with van der Waals surface area (Å²) in [6, 6.07) is 25.2. The van der Waals surface area contributed by atoms with Crippen LogP contribution in [0, 0.1) is 18.3 Å². The average molecular weight is 447 g/mol. The number of rotatable bonds is 3. The van der Waals surface area contributed by atoms with Gasteiger partial charge in [0.2, 0.25) is 0 Å². The summed E-state index contributed by atoms with van der Waals surface area (Å²) < 4.78 is 1.64. The Bertz CT molecular complexity index is 1550. The number of hydrogen-bond acceptors (Lipinski definition) is 5. The predicted octanol–water partition coefficient (Wildman–Crippen LogP) is 5.59. The van der Waals surface area contributed by atoms with Crippen LogP contribution in [0.5, 0.6) is 0 Å². The molecule has 3 heterocycles. The Hall–Kier alpha value is -4.41. The highest BCUT2D eigenvalue weighted by molar-refractivity contribution is 7.80. The maximum Gasteiger partial charge on any atom is 0.198 e. The van der Waals surface area contributed by atoms with E-state index in [4.69, 9.17) is 22.6 Å². The molecule has 0 aliphatic carbocycles. The van der Waals surface area contributed by atoms with E-state index in [1.54, 1.807) is 23.0 Å². The Morgan fingerprint density at radius 3 is 2.76 bits per heavy atom. The van der Waals surface area contributed by atoms with Gasteiger partial charge in [-0.05, 0) is 73.2 Å². The number of nitrogens with one attached hydrogen (secondary N) is 1. The van der Waals surface area contributed by atoms with Crippen LogP contribution in [0.1, 0.15) is 11.3 Å². The summed E-state index contributed by atoms with van der Waals surface area (Å²) in [5.41, 5.74) is 6.52. The minimum absolute atomic E-state index is 0.396. The van der Waals surface area contributed by atoms with Crippen LogP contribution in [0.3, 0.4) is 0 Å². The summed E-state index contributed by atoms with van der Waals surface area (Å²) in [6.45, 7) is 1.95. The van der Waals surface area contributed by atoms with Crippen molar-refractivity contribution in [3.05, 3.63) is 96.4 Å². The number of benzene rings is 2. The minimum Gasteiger partial charge on any atom is -0.331 e. The molecule has 0 aliphatic rings. The van der Waals surface area contributed by atoms with Crippen LogP contribution < -0.4 is 5.32 Å². The summed E-state index contributed by atoms with van der Waals surface area (Å²) in [5, 5.41) is 18.6. The molecule has 2 aromatic carbocycles. The lowest BCUT2D eigenvalue weighted by Gasteiger charge is -2.07. The van der Waals surface area contributed by atoms with Gasteiger partial charge in [0.1, 0.15) is 5.69 Å². The van der Waals surface area contributed by atoms with Crippen molar-refractivity contribution in [3.8, 4) is 28.6 Å². The molecule has 0 bridgehead atoms. The number of thiocarbonyl (C=S) groups is 1. The van der Waals surface area contributed by atoms with E-state index >= 15 is 0 Å². The summed E-state index contributed by atoms with van der Waals surface area (Å²) in [5.74, 6) is 0. The largest absolute Gasteiger partial charge is 0.331 e. The van der Waals surface area contributed by atoms with Gasteiger partial charge in [-0.15, -0.1) is 0 Å². The maximum atomic E-state index is 9.16. The molecule has 6 nitrogen and oxygen atoms in total. The van der Waals surface area contributed by atoms with Crippen LogP contribution in [0.2, 0.25) is 0 Å². The van der Waals surface area contributed by atoms with Gasteiger partial charge in [-0.2, -0.15) is 10.4 Å². The van der Waals surface area contributed by atoms with Crippen molar-refractivity contribution in [2.24, 2.45) is 0 Å². The molecule has 0 atom stereocenters. The van der Waals surface area contributed by atoms with Crippen molar-refractivity contribution >= 4 is 33.9 Å². The van der Waals surface area contributed by atoms with E-state index in [9.17, 15) is 0 Å². The number of nitrogens with zero attached hydrogens (tertiary/aromatic N) is 5. The maximum absolute atomic E-state index is 9.16. The second kappa shape index (κ2) is 8.61. The van der Waals surface area contributed by atoms with Gasteiger partial charge in [0.15, 0.2) is 5.11 Å². The molecule has 158 valence electrons. The van der Waals surface area contributed by atoms with Crippen LogP contribution in [0.25, 0.3) is 33.4 Å². The Morgan fingerprint density at radius 1 is 1.03 bits per heavy atom. The lowest BCUT2D eigenvalue weighted by Crippen LogP contribution is -2.19. The standard InChI is InChI=1S/C26H18N6S/c1-17-5-2-9-24(29-17)25-22(19-10-11-23-20(14-19)7-4-12-28-23)16-32(31-25)26(33)30-21-8-3-6-18(13-21)15-27/h2-14,16H,1H3,(H,30,33). The molecule has 0 radical (unpaired) electrons. The number of hydrogen-bond donors (Lipinski definition) is 1. The van der Waals surface area contributed by atoms with Crippen LogP contribution in [-0.4, -0.2) is 24.9 Å². The van der Waals surface area contributed by atoms with Crippen LogP contribution in [-0.2, 0) is 0 Å². The van der Waals surface area contributed by atoms with Crippen molar-refractivity contribution in [2.75, 3.05) is 5.32 Å². The van der Waals surface area contributed by atoms with Gasteiger partial charge in [-0.1, -0.05) is 24.3 Å². The highest BCUT2D eigenvalue weighted by Gasteiger charge is 2.17. The topological polar surface area (TPSA) is 79.4 Å². The Labute approximate surface area is 196 Å². The smallest absolute Gasteiger partial charge is 0.198 e. The lowest BCUT2D eigenvalue weighted by atomic mass is 10.0. The highest BCUT2D eigenvalue weighted by atomic mass is 32.1. The summed E-state index contributed by atoms with van der Waals surface area (Å²) in [6.07, 6.45) is 3.69. The molecule has 0 spiro atoms. The third-order valence-electron chi connectivity index (χ3n) is 5.21. The predicted molar refractivity (Wildman–Crippen MR) is 134 cm³/mol. The van der Waals surface area contributed by atoms with E-state index in [0.29, 0.717) is 10.7 Å². The summed E-state index contributed by atoms with van der Waals surface area (Å²) in [7, 11) is 0. The van der Waals surface area contributed by atoms with Crippen LogP contribution >= 0.6 is 12.2 Å². The molecule has 0 saturated heterocycles. The first-order chi connectivity index (χ1) is 16.1. The number of anilines is 1. The monoisotopic (exact) mass is 446 g/mol. The highest BCUT2D eigenvalue weighted by Crippen LogP contribution is 2.32. The molecule has 3 aromatic heterocycles. The zero-order chi connectivity index (χ0) is 22.8. The van der Waals surface area contributed by atoms with Gasteiger partial charge in [0.25, 0.3) is 0 Å². The molecule has 1 N–H and O–H groups in total. The van der Waals surface area contributed by atoms with E-state index in [1.165, 1.54) is 0 Å². The molecule has 5 rings (SSSR count). The van der Waals surface area contributed by atoms with Gasteiger partial charge in [0, 0.05) is 34.7 Å². The SMILES string of the molecule is Cc1cccc(-c2nn(C(=S)Nc3cccc(C#N)c3)cc2-c2ccc3ncccc3c2)n1. The molecular weight excluding hydrogens is 428 g/mol.